The summed E-state index contributed by atoms with van der Waals surface area (Å²) in [5.41, 5.74) is 0. The fraction of sp³-hybridized carbons (Fsp3) is 0.714. The second-order valence-corrected chi connectivity index (χ2v) is 8.43. The molecular weight excluding hydrogens is 459 g/mol. The van der Waals surface area contributed by atoms with Crippen molar-refractivity contribution in [2.24, 2.45) is 0 Å². The van der Waals surface area contributed by atoms with Crippen LogP contribution in [0.15, 0.2) is 22.3 Å². The molecule has 0 aromatic heterocycles. The molecule has 3 rings (SSSR count). The van der Waals surface area contributed by atoms with Gasteiger partial charge in [0.05, 0.1) is 30.8 Å². The van der Waals surface area contributed by atoms with E-state index in [9.17, 15) is 9.59 Å². The minimum absolute atomic E-state index is 0.131. The Kier molecular flexibility index (Phi) is 8.33. The van der Waals surface area contributed by atoms with E-state index in [1.54, 1.807) is 0 Å². The fourth-order valence-electron chi connectivity index (χ4n) is 4.16. The van der Waals surface area contributed by atoms with Gasteiger partial charge in [-0.15, -0.1) is 0 Å². The Balaban J connectivity index is 1.70. The van der Waals surface area contributed by atoms with E-state index in [1.165, 1.54) is 0 Å². The first kappa shape index (κ1) is 21.0. The van der Waals surface area contributed by atoms with Crippen LogP contribution in [0, 0.1) is 0 Å². The molecule has 0 N–H and O–H groups in total. The summed E-state index contributed by atoms with van der Waals surface area (Å²) in [5, 5.41) is 0. The van der Waals surface area contributed by atoms with Crippen LogP contribution in [0.25, 0.3) is 0 Å². The smallest absolute Gasteiger partial charge is 0.309 e. The molecule has 27 heavy (non-hydrogen) atoms. The second kappa shape index (κ2) is 10.7. The minimum atomic E-state index is -0.379. The predicted octanol–water partition coefficient (Wildman–Crippen LogP) is 4.42. The van der Waals surface area contributed by atoms with E-state index in [1.807, 2.05) is 10.2 Å². The number of ketones is 1. The van der Waals surface area contributed by atoms with Crippen molar-refractivity contribution >= 4 is 34.3 Å². The third-order valence-corrected chi connectivity index (χ3v) is 5.83. The Bertz CT molecular complexity index is 573. The first-order valence-corrected chi connectivity index (χ1v) is 11.3. The van der Waals surface area contributed by atoms with E-state index in [4.69, 9.17) is 14.2 Å². The lowest BCUT2D eigenvalue weighted by Crippen LogP contribution is -2.39. The predicted molar refractivity (Wildman–Crippen MR) is 111 cm³/mol. The Labute approximate surface area is 175 Å². The topological polar surface area (TPSA) is 61.8 Å². The van der Waals surface area contributed by atoms with Crippen molar-refractivity contribution in [2.45, 2.75) is 94.7 Å². The Morgan fingerprint density at radius 1 is 0.926 bits per heavy atom. The van der Waals surface area contributed by atoms with Crippen LogP contribution in [0.1, 0.15) is 64.2 Å². The van der Waals surface area contributed by atoms with E-state index in [-0.39, 0.29) is 42.6 Å². The van der Waals surface area contributed by atoms with Gasteiger partial charge in [-0.3, -0.25) is 9.59 Å². The van der Waals surface area contributed by atoms with E-state index in [0.29, 0.717) is 25.4 Å². The molecule has 3 heterocycles. The first-order chi connectivity index (χ1) is 13.1. The summed E-state index contributed by atoms with van der Waals surface area (Å²) in [6.07, 6.45) is 13.3. The van der Waals surface area contributed by atoms with Crippen LogP contribution < -0.4 is 0 Å². The van der Waals surface area contributed by atoms with E-state index >= 15 is 0 Å². The highest BCUT2D eigenvalue weighted by atomic mass is 127. The van der Waals surface area contributed by atoms with Gasteiger partial charge < -0.3 is 14.2 Å². The van der Waals surface area contributed by atoms with Crippen molar-refractivity contribution in [1.82, 2.24) is 0 Å². The van der Waals surface area contributed by atoms with Crippen LogP contribution in [0.5, 0.6) is 0 Å². The van der Waals surface area contributed by atoms with Crippen LogP contribution in [0.2, 0.25) is 0 Å². The molecule has 4 bridgehead atoms. The zero-order valence-electron chi connectivity index (χ0n) is 15.7. The molecule has 0 radical (unpaired) electrons. The number of carbonyl (C=O) groups excluding carboxylic acids is 2. The van der Waals surface area contributed by atoms with Crippen molar-refractivity contribution in [3.8, 4) is 0 Å². The molecule has 0 amide bonds. The highest BCUT2D eigenvalue weighted by molar-refractivity contribution is 14.1. The molecule has 0 aliphatic carbocycles. The maximum absolute atomic E-state index is 12.3. The maximum Gasteiger partial charge on any atom is 0.309 e. The maximum atomic E-state index is 12.3. The number of rotatable bonds is 1. The summed E-state index contributed by atoms with van der Waals surface area (Å²) in [6.45, 7) is 0. The summed E-state index contributed by atoms with van der Waals surface area (Å²) >= 11 is 2.13. The molecule has 3 aliphatic heterocycles. The van der Waals surface area contributed by atoms with Crippen LogP contribution in [0.3, 0.4) is 0 Å². The molecule has 0 unspecified atom stereocenters. The lowest BCUT2D eigenvalue weighted by Gasteiger charge is -2.35. The fourth-order valence-corrected chi connectivity index (χ4v) is 4.62. The van der Waals surface area contributed by atoms with Gasteiger partial charge in [0.15, 0.2) is 0 Å². The van der Waals surface area contributed by atoms with Crippen LogP contribution >= 0.6 is 22.6 Å². The SMILES string of the molecule is O=C1C[C@@H]2C[C@@H]3CCC[C@H](CC/C=C/C[C@H](/C=C/I)OC(=O)C[C@H](C1)O2)O3. The molecular formula is C21H29IO5. The first-order valence-electron chi connectivity index (χ1n) is 10.1. The zero-order valence-corrected chi connectivity index (χ0v) is 17.8. The number of allylic oxidation sites excluding steroid dienone is 1. The number of ether oxygens (including phenoxy) is 3. The van der Waals surface area contributed by atoms with Gasteiger partial charge >= 0.3 is 5.97 Å². The molecule has 3 aliphatic rings. The monoisotopic (exact) mass is 488 g/mol. The molecule has 5 nitrogen and oxygen atoms in total. The van der Waals surface area contributed by atoms with Gasteiger partial charge in [-0.1, -0.05) is 34.7 Å². The molecule has 0 spiro atoms. The number of fused-ring (bicyclic) bond motifs is 4. The highest BCUT2D eigenvalue weighted by Gasteiger charge is 2.33. The lowest BCUT2D eigenvalue weighted by molar-refractivity contribution is -0.157. The summed E-state index contributed by atoms with van der Waals surface area (Å²) in [5.74, 6) is -0.133. The van der Waals surface area contributed by atoms with Crippen molar-refractivity contribution in [3.63, 3.8) is 0 Å². The van der Waals surface area contributed by atoms with Gasteiger partial charge in [0, 0.05) is 25.7 Å². The molecule has 0 aromatic carbocycles. The molecule has 5 atom stereocenters. The second-order valence-electron chi connectivity index (χ2n) is 7.71. The number of hydrogen-bond donors (Lipinski definition) is 0. The van der Waals surface area contributed by atoms with Crippen molar-refractivity contribution < 1.29 is 23.8 Å². The molecule has 0 aromatic rings. The molecule has 2 fully saturated rings. The van der Waals surface area contributed by atoms with E-state index in [2.05, 4.69) is 34.7 Å². The summed E-state index contributed by atoms with van der Waals surface area (Å²) in [6, 6.07) is 0. The number of carbonyl (C=O) groups is 2. The van der Waals surface area contributed by atoms with Gasteiger partial charge in [-0.05, 0) is 42.3 Å². The van der Waals surface area contributed by atoms with Crippen LogP contribution in [-0.2, 0) is 23.8 Å². The summed E-state index contributed by atoms with van der Waals surface area (Å²) < 4.78 is 19.8. The Hall–Kier alpha value is -0.730. The minimum Gasteiger partial charge on any atom is -0.458 e. The third-order valence-electron chi connectivity index (χ3n) is 5.41. The third kappa shape index (κ3) is 6.98. The van der Waals surface area contributed by atoms with Crippen LogP contribution in [-0.4, -0.2) is 42.3 Å². The standard InChI is InChI=1S/C21H29IO5/c22-10-9-17-6-3-1-2-5-16-7-4-8-18(25-16)13-19-11-15(23)12-20(26-19)14-21(24)27-17/h1,3,9-10,16-20H,2,4-8,11-14H2/b3-1+,10-9+/t16-,17+,18-,19+,20-/m0/s1. The van der Waals surface area contributed by atoms with Gasteiger partial charge in [0.2, 0.25) is 0 Å². The molecule has 6 heteroatoms. The van der Waals surface area contributed by atoms with Crippen molar-refractivity contribution in [3.05, 3.63) is 22.3 Å². The van der Waals surface area contributed by atoms with E-state index in [0.717, 1.165) is 38.5 Å². The highest BCUT2D eigenvalue weighted by Crippen LogP contribution is 2.29. The van der Waals surface area contributed by atoms with Gasteiger partial charge in [0.1, 0.15) is 11.9 Å². The lowest BCUT2D eigenvalue weighted by atomic mass is 9.93. The average Bonchev–Trinajstić information content (AvgIpc) is 2.60. The summed E-state index contributed by atoms with van der Waals surface area (Å²) in [4.78, 5) is 24.5. The van der Waals surface area contributed by atoms with Gasteiger partial charge in [-0.25, -0.2) is 0 Å². The average molecular weight is 488 g/mol. The van der Waals surface area contributed by atoms with Crippen molar-refractivity contribution in [2.75, 3.05) is 0 Å². The van der Waals surface area contributed by atoms with Crippen molar-refractivity contribution in [1.29, 1.82) is 0 Å². The molecule has 2 saturated heterocycles. The van der Waals surface area contributed by atoms with Crippen LogP contribution in [0.4, 0.5) is 0 Å². The van der Waals surface area contributed by atoms with E-state index < -0.39 is 0 Å². The van der Waals surface area contributed by atoms with Gasteiger partial charge in [-0.2, -0.15) is 0 Å². The number of cyclic esters (lactones) is 1. The largest absolute Gasteiger partial charge is 0.458 e. The summed E-state index contributed by atoms with van der Waals surface area (Å²) in [7, 11) is 0. The number of halogens is 1. The number of Topliss-reactive ketones (excluding diaryl/α,β-unsaturated/α-hetero) is 1. The number of hydrogen-bond acceptors (Lipinski definition) is 5. The Morgan fingerprint density at radius 3 is 2.56 bits per heavy atom. The normalized spacial score (nSPS) is 37.7. The number of esters is 1. The molecule has 150 valence electrons. The molecule has 0 saturated carbocycles. The Morgan fingerprint density at radius 2 is 1.70 bits per heavy atom. The zero-order chi connectivity index (χ0) is 19.1. The quantitative estimate of drug-likeness (QED) is 0.311. The van der Waals surface area contributed by atoms with Gasteiger partial charge in [0.25, 0.3) is 0 Å².